The first-order valence-electron chi connectivity index (χ1n) is 5.77. The van der Waals surface area contributed by atoms with Crippen LogP contribution >= 0.6 is 11.8 Å². The number of hydrogen-bond acceptors (Lipinski definition) is 4. The van der Waals surface area contributed by atoms with Crippen LogP contribution in [0.1, 0.15) is 5.56 Å². The molecule has 19 heavy (non-hydrogen) atoms. The number of carbonyl (C=O) groups is 2. The third-order valence-corrected chi connectivity index (χ3v) is 3.39. The second-order valence-electron chi connectivity index (χ2n) is 3.85. The number of nitrogens with one attached hydrogen (secondary N) is 1. The third-order valence-electron chi connectivity index (χ3n) is 2.39. The highest BCUT2D eigenvalue weighted by Gasteiger charge is 2.16. The Morgan fingerprint density at radius 2 is 2.05 bits per heavy atom. The van der Waals surface area contributed by atoms with Crippen molar-refractivity contribution in [3.63, 3.8) is 0 Å². The summed E-state index contributed by atoms with van der Waals surface area (Å²) in [6.07, 6.45) is -0.997. The predicted molar refractivity (Wildman–Crippen MR) is 74.0 cm³/mol. The van der Waals surface area contributed by atoms with Gasteiger partial charge in [-0.25, -0.2) is 4.79 Å². The Bertz CT molecular complexity index is 410. The monoisotopic (exact) mass is 283 g/mol. The molecule has 0 aliphatic heterocycles. The van der Waals surface area contributed by atoms with Crippen LogP contribution in [0.3, 0.4) is 0 Å². The Hall–Kier alpha value is -1.53. The summed E-state index contributed by atoms with van der Waals surface area (Å²) in [5.41, 5.74) is 1.15. The molecule has 0 spiro atoms. The van der Waals surface area contributed by atoms with Crippen LogP contribution in [-0.4, -0.2) is 42.5 Å². The van der Waals surface area contributed by atoms with E-state index in [9.17, 15) is 9.59 Å². The minimum absolute atomic E-state index is 0.0173. The molecule has 0 bridgehead atoms. The normalized spacial score (nSPS) is 11.8. The van der Waals surface area contributed by atoms with Crippen LogP contribution in [0.5, 0.6) is 0 Å². The number of carboxylic acid groups (broad SMARTS) is 1. The van der Waals surface area contributed by atoms with Crippen LogP contribution in [0.25, 0.3) is 0 Å². The standard InChI is InChI=1S/C13H17NO4S/c1-18-11(13(16)17)7-14-12(15)9-19-8-10-5-3-2-4-6-10/h2-6,11H,7-9H2,1H3,(H,14,15)(H,16,17). The molecule has 104 valence electrons. The van der Waals surface area contributed by atoms with Crippen molar-refractivity contribution in [2.75, 3.05) is 19.4 Å². The molecular formula is C13H17NO4S. The number of benzene rings is 1. The van der Waals surface area contributed by atoms with E-state index >= 15 is 0 Å². The summed E-state index contributed by atoms with van der Waals surface area (Å²) in [4.78, 5) is 22.2. The average molecular weight is 283 g/mol. The predicted octanol–water partition coefficient (Wildman–Crippen LogP) is 1.14. The van der Waals surface area contributed by atoms with Gasteiger partial charge in [-0.05, 0) is 5.56 Å². The van der Waals surface area contributed by atoms with Crippen molar-refractivity contribution in [2.24, 2.45) is 0 Å². The fourth-order valence-electron chi connectivity index (χ4n) is 1.36. The van der Waals surface area contributed by atoms with E-state index in [0.29, 0.717) is 5.75 Å². The van der Waals surface area contributed by atoms with Crippen LogP contribution in [0, 0.1) is 0 Å². The second kappa shape index (κ2) is 8.55. The van der Waals surface area contributed by atoms with E-state index in [-0.39, 0.29) is 12.5 Å². The molecule has 1 rings (SSSR count). The maximum atomic E-state index is 11.5. The molecule has 1 aromatic rings. The van der Waals surface area contributed by atoms with E-state index in [1.165, 1.54) is 18.9 Å². The van der Waals surface area contributed by atoms with Gasteiger partial charge in [-0.3, -0.25) is 4.79 Å². The number of carbonyl (C=O) groups excluding carboxylic acids is 1. The van der Waals surface area contributed by atoms with E-state index in [0.717, 1.165) is 11.3 Å². The fraction of sp³-hybridized carbons (Fsp3) is 0.385. The summed E-state index contributed by atoms with van der Waals surface area (Å²) in [5, 5.41) is 11.3. The Morgan fingerprint density at radius 1 is 1.37 bits per heavy atom. The fourth-order valence-corrected chi connectivity index (χ4v) is 2.18. The first-order chi connectivity index (χ1) is 9.13. The van der Waals surface area contributed by atoms with E-state index < -0.39 is 12.1 Å². The first-order valence-corrected chi connectivity index (χ1v) is 6.93. The molecule has 1 aromatic carbocycles. The number of hydrogen-bond donors (Lipinski definition) is 2. The van der Waals surface area contributed by atoms with Gasteiger partial charge in [-0.2, -0.15) is 0 Å². The number of aliphatic carboxylic acids is 1. The lowest BCUT2D eigenvalue weighted by Crippen LogP contribution is -2.38. The summed E-state index contributed by atoms with van der Waals surface area (Å²) in [6, 6.07) is 9.84. The van der Waals surface area contributed by atoms with Crippen LogP contribution in [0.15, 0.2) is 30.3 Å². The van der Waals surface area contributed by atoms with Crippen molar-refractivity contribution in [3.05, 3.63) is 35.9 Å². The molecule has 0 radical (unpaired) electrons. The Morgan fingerprint density at radius 3 is 2.63 bits per heavy atom. The largest absolute Gasteiger partial charge is 0.479 e. The molecule has 0 heterocycles. The van der Waals surface area contributed by atoms with Gasteiger partial charge in [0, 0.05) is 12.9 Å². The molecule has 0 aromatic heterocycles. The number of thioether (sulfide) groups is 1. The quantitative estimate of drug-likeness (QED) is 0.748. The molecule has 1 amide bonds. The molecule has 0 aliphatic carbocycles. The van der Waals surface area contributed by atoms with Gasteiger partial charge in [0.05, 0.1) is 12.3 Å². The van der Waals surface area contributed by atoms with Gasteiger partial charge < -0.3 is 15.2 Å². The van der Waals surface area contributed by atoms with Gasteiger partial charge in [-0.1, -0.05) is 30.3 Å². The molecule has 1 atom stereocenters. The van der Waals surface area contributed by atoms with Crippen molar-refractivity contribution in [2.45, 2.75) is 11.9 Å². The molecule has 5 nitrogen and oxygen atoms in total. The summed E-state index contributed by atoms with van der Waals surface area (Å²) >= 11 is 1.48. The van der Waals surface area contributed by atoms with Gasteiger partial charge in [0.15, 0.2) is 6.10 Å². The minimum atomic E-state index is -1.08. The van der Waals surface area contributed by atoms with Crippen LogP contribution in [0.4, 0.5) is 0 Å². The topological polar surface area (TPSA) is 75.6 Å². The summed E-state index contributed by atoms with van der Waals surface area (Å²) in [6.45, 7) is -0.0173. The lowest BCUT2D eigenvalue weighted by molar-refractivity contribution is -0.148. The van der Waals surface area contributed by atoms with Crippen molar-refractivity contribution < 1.29 is 19.4 Å². The van der Waals surface area contributed by atoms with Crippen molar-refractivity contribution >= 4 is 23.6 Å². The van der Waals surface area contributed by atoms with Crippen molar-refractivity contribution in [1.29, 1.82) is 0 Å². The zero-order valence-corrected chi connectivity index (χ0v) is 11.5. The molecule has 2 N–H and O–H groups in total. The number of methoxy groups -OCH3 is 1. The Kier molecular flexibility index (Phi) is 6.99. The second-order valence-corrected chi connectivity index (χ2v) is 4.83. The van der Waals surface area contributed by atoms with E-state index in [1.54, 1.807) is 0 Å². The molecule has 0 saturated carbocycles. The SMILES string of the molecule is COC(CNC(=O)CSCc1ccccc1)C(=O)O. The molecule has 0 aliphatic rings. The summed E-state index contributed by atoms with van der Waals surface area (Å²) < 4.78 is 4.71. The Labute approximate surface area is 116 Å². The van der Waals surface area contributed by atoms with Gasteiger partial charge >= 0.3 is 5.97 Å². The van der Waals surface area contributed by atoms with Gasteiger partial charge in [0.1, 0.15) is 0 Å². The lowest BCUT2D eigenvalue weighted by Gasteiger charge is -2.11. The average Bonchev–Trinajstić information content (AvgIpc) is 2.40. The summed E-state index contributed by atoms with van der Waals surface area (Å²) in [7, 11) is 1.30. The van der Waals surface area contributed by atoms with Crippen LogP contribution in [0.2, 0.25) is 0 Å². The van der Waals surface area contributed by atoms with Gasteiger partial charge in [0.2, 0.25) is 5.91 Å². The molecular weight excluding hydrogens is 266 g/mol. The zero-order chi connectivity index (χ0) is 14.1. The Balaban J connectivity index is 2.19. The maximum Gasteiger partial charge on any atom is 0.334 e. The first kappa shape index (κ1) is 15.5. The van der Waals surface area contributed by atoms with E-state index in [1.807, 2.05) is 30.3 Å². The van der Waals surface area contributed by atoms with Gasteiger partial charge in [-0.15, -0.1) is 11.8 Å². The smallest absolute Gasteiger partial charge is 0.334 e. The highest BCUT2D eigenvalue weighted by atomic mass is 32.2. The maximum absolute atomic E-state index is 11.5. The van der Waals surface area contributed by atoms with Crippen LogP contribution in [-0.2, 0) is 20.1 Å². The molecule has 1 unspecified atom stereocenters. The van der Waals surface area contributed by atoms with Crippen LogP contribution < -0.4 is 5.32 Å². The van der Waals surface area contributed by atoms with Crippen molar-refractivity contribution in [3.8, 4) is 0 Å². The number of carboxylic acids is 1. The van der Waals surface area contributed by atoms with E-state index in [4.69, 9.17) is 9.84 Å². The molecule has 6 heteroatoms. The lowest BCUT2D eigenvalue weighted by atomic mass is 10.2. The number of ether oxygens (including phenoxy) is 1. The third kappa shape index (κ3) is 6.26. The van der Waals surface area contributed by atoms with Crippen molar-refractivity contribution in [1.82, 2.24) is 5.32 Å². The number of amides is 1. The molecule has 0 saturated heterocycles. The minimum Gasteiger partial charge on any atom is -0.479 e. The highest BCUT2D eigenvalue weighted by molar-refractivity contribution is 7.99. The molecule has 0 fully saturated rings. The van der Waals surface area contributed by atoms with E-state index in [2.05, 4.69) is 5.32 Å². The number of rotatable bonds is 8. The summed E-state index contributed by atoms with van der Waals surface area (Å²) in [5.74, 6) is -0.227. The zero-order valence-electron chi connectivity index (χ0n) is 10.7. The highest BCUT2D eigenvalue weighted by Crippen LogP contribution is 2.10. The van der Waals surface area contributed by atoms with Gasteiger partial charge in [0.25, 0.3) is 0 Å².